The summed E-state index contributed by atoms with van der Waals surface area (Å²) in [6.07, 6.45) is 3.92. The van der Waals surface area contributed by atoms with E-state index in [2.05, 4.69) is 25.3 Å². The van der Waals surface area contributed by atoms with E-state index in [1.165, 1.54) is 12.1 Å². The Kier molecular flexibility index (Phi) is 15.9. The Morgan fingerprint density at radius 3 is 1.81 bits per heavy atom. The third kappa shape index (κ3) is 12.1. The topological polar surface area (TPSA) is 147 Å². The zero-order valence-electron chi connectivity index (χ0n) is 31.2. The van der Waals surface area contributed by atoms with Crippen molar-refractivity contribution in [1.82, 2.24) is 19.9 Å². The Hall–Kier alpha value is -5.39. The number of nitrogens with two attached hydrogens (primary N) is 1. The molecule has 4 aromatic carbocycles. The zero-order valence-corrected chi connectivity index (χ0v) is 35.8. The first-order chi connectivity index (χ1) is 28.2. The van der Waals surface area contributed by atoms with Gasteiger partial charge in [-0.25, -0.2) is 9.97 Å². The summed E-state index contributed by atoms with van der Waals surface area (Å²) in [5.41, 5.74) is 9.84. The van der Waals surface area contributed by atoms with E-state index in [-0.39, 0.29) is 16.5 Å². The third-order valence-corrected chi connectivity index (χ3v) is 10.3. The molecule has 1 atom stereocenters. The van der Waals surface area contributed by atoms with Crippen LogP contribution in [0.2, 0.25) is 30.1 Å². The number of aromatic nitrogens is 4. The first-order valence-electron chi connectivity index (χ1n) is 17.5. The number of aldehydes is 1. The maximum Gasteiger partial charge on any atom is 0.151 e. The number of carbonyl (C=O) groups excluding carboxylic acids is 1. The molecule has 0 spiro atoms. The number of rotatable bonds is 5. The summed E-state index contributed by atoms with van der Waals surface area (Å²) in [5, 5.41) is 27.5. The van der Waals surface area contributed by atoms with Gasteiger partial charge in [-0.15, -0.1) is 0 Å². The van der Waals surface area contributed by atoms with E-state index in [1.807, 2.05) is 86.6 Å². The van der Waals surface area contributed by atoms with Crippen molar-refractivity contribution in [2.45, 2.75) is 19.9 Å². The number of hydrogen-bond acceptors (Lipinski definition) is 9. The summed E-state index contributed by atoms with van der Waals surface area (Å²) in [6.45, 7) is 3.82. The Labute approximate surface area is 370 Å². The van der Waals surface area contributed by atoms with Crippen LogP contribution in [-0.2, 0) is 0 Å². The third-order valence-electron chi connectivity index (χ3n) is 8.27. The molecule has 0 aliphatic carbocycles. The largest absolute Gasteiger partial charge is 0.506 e. The molecule has 1 unspecified atom stereocenters. The molecule has 0 bridgehead atoms. The number of aryl methyl sites for hydroxylation is 2. The molecule has 0 saturated carbocycles. The molecule has 5 N–H and O–H groups in total. The number of nitrogen functional groups attached to an aromatic ring is 1. The number of halogens is 6. The smallest absolute Gasteiger partial charge is 0.151 e. The van der Waals surface area contributed by atoms with Crippen LogP contribution in [0.5, 0.6) is 11.5 Å². The number of carbonyl (C=O) groups is 1. The number of benzene rings is 4. The summed E-state index contributed by atoms with van der Waals surface area (Å²) < 4.78 is 0. The van der Waals surface area contributed by atoms with Gasteiger partial charge in [0.15, 0.2) is 6.29 Å². The number of nitrogens with one attached hydrogen (secondary N) is 1. The normalized spacial score (nSPS) is 10.9. The number of para-hydroxylation sites is 1. The molecule has 0 aliphatic rings. The van der Waals surface area contributed by atoms with Gasteiger partial charge in [-0.3, -0.25) is 14.8 Å². The van der Waals surface area contributed by atoms with Gasteiger partial charge in [0, 0.05) is 61.3 Å². The fraction of sp³-hybridized carbons (Fsp3) is 0.0682. The summed E-state index contributed by atoms with van der Waals surface area (Å²) >= 11 is 35.9. The number of aromatic hydroxyl groups is 2. The quantitative estimate of drug-likeness (QED) is 0.0978. The zero-order chi connectivity index (χ0) is 42.6. The predicted octanol–water partition coefficient (Wildman–Crippen LogP) is 13.2. The van der Waals surface area contributed by atoms with Gasteiger partial charge in [-0.05, 0) is 80.6 Å². The van der Waals surface area contributed by atoms with Crippen LogP contribution in [0.15, 0.2) is 128 Å². The molecule has 4 heterocycles. The number of anilines is 2. The highest BCUT2D eigenvalue weighted by Gasteiger charge is 2.24. The summed E-state index contributed by atoms with van der Waals surface area (Å²) in [4.78, 5) is 27.1. The van der Waals surface area contributed by atoms with Crippen molar-refractivity contribution in [1.29, 1.82) is 0 Å². The highest BCUT2D eigenvalue weighted by atomic mass is 35.5. The maximum absolute atomic E-state index is 11.0. The highest BCUT2D eigenvalue weighted by Crippen LogP contribution is 2.41. The van der Waals surface area contributed by atoms with E-state index < -0.39 is 6.04 Å². The predicted molar refractivity (Wildman–Crippen MR) is 243 cm³/mol. The maximum atomic E-state index is 11.0. The van der Waals surface area contributed by atoms with E-state index in [0.29, 0.717) is 70.8 Å². The molecule has 0 fully saturated rings. The van der Waals surface area contributed by atoms with Gasteiger partial charge in [0.2, 0.25) is 0 Å². The Bertz CT molecular complexity index is 2720. The van der Waals surface area contributed by atoms with Crippen molar-refractivity contribution in [3.8, 4) is 11.5 Å². The fourth-order valence-corrected chi connectivity index (χ4v) is 6.96. The minimum Gasteiger partial charge on any atom is -0.506 e. The van der Waals surface area contributed by atoms with Gasteiger partial charge in [-0.2, -0.15) is 0 Å². The van der Waals surface area contributed by atoms with Crippen molar-refractivity contribution >= 4 is 109 Å². The number of phenols is 2. The molecule has 300 valence electrons. The summed E-state index contributed by atoms with van der Waals surface area (Å²) in [5.74, 6) is 1.51. The molecule has 0 aliphatic heterocycles. The van der Waals surface area contributed by atoms with Crippen LogP contribution in [0.4, 0.5) is 11.6 Å². The van der Waals surface area contributed by atoms with Crippen molar-refractivity contribution in [3.63, 3.8) is 0 Å². The van der Waals surface area contributed by atoms with Crippen LogP contribution >= 0.6 is 69.6 Å². The van der Waals surface area contributed by atoms with E-state index in [0.717, 1.165) is 22.2 Å². The Morgan fingerprint density at radius 1 is 0.627 bits per heavy atom. The molecule has 0 radical (unpaired) electrons. The molecule has 8 aromatic rings. The van der Waals surface area contributed by atoms with Gasteiger partial charge in [0.25, 0.3) is 0 Å². The van der Waals surface area contributed by atoms with Crippen LogP contribution in [0.25, 0.3) is 21.8 Å². The first-order valence-corrected chi connectivity index (χ1v) is 19.7. The average Bonchev–Trinajstić information content (AvgIpc) is 3.21. The van der Waals surface area contributed by atoms with Crippen LogP contribution in [-0.4, -0.2) is 36.4 Å². The van der Waals surface area contributed by atoms with Gasteiger partial charge < -0.3 is 21.3 Å². The Balaban J connectivity index is 0.000000179. The van der Waals surface area contributed by atoms with E-state index in [4.69, 9.17) is 75.3 Å². The average molecular weight is 908 g/mol. The van der Waals surface area contributed by atoms with Crippen LogP contribution in [0, 0.1) is 13.8 Å². The standard InChI is InChI=1S/C22H16Cl3N3O.C9H7NO.C7H3Cl3O.C6H8N2/c1-12-4-2-6-18(27-12)28-21(16-10-14(23)11-17(24)19(16)25)15-8-7-13-5-3-9-26-20(13)22(15)29;11-8-5-1-3-7-4-2-6-10-9(7)8;8-5-1-4(3-11)7(10)6(9)2-5;1-5-3-2-4-6(7)8-5/h2-11,21,29H,1H3,(H,27,28);1-6,11H;1-3H;2-4H,1H3,(H2,7,8). The van der Waals surface area contributed by atoms with E-state index >= 15 is 0 Å². The second-order valence-electron chi connectivity index (χ2n) is 12.6. The number of hydrogen-bond donors (Lipinski definition) is 4. The molecular weight excluding hydrogens is 873 g/mol. The lowest BCUT2D eigenvalue weighted by Crippen LogP contribution is -2.15. The molecular formula is C44H34Cl6N6O3. The minimum atomic E-state index is -0.556. The van der Waals surface area contributed by atoms with Crippen molar-refractivity contribution in [2.75, 3.05) is 11.1 Å². The van der Waals surface area contributed by atoms with Crippen molar-refractivity contribution < 1.29 is 15.0 Å². The second kappa shape index (κ2) is 21.0. The Morgan fingerprint density at radius 2 is 1.20 bits per heavy atom. The van der Waals surface area contributed by atoms with Crippen molar-refractivity contribution in [2.24, 2.45) is 0 Å². The van der Waals surface area contributed by atoms with Crippen LogP contribution in [0.3, 0.4) is 0 Å². The monoisotopic (exact) mass is 904 g/mol. The molecule has 0 amide bonds. The molecule has 8 rings (SSSR count). The van der Waals surface area contributed by atoms with Gasteiger partial charge in [-0.1, -0.05) is 118 Å². The SMILES string of the molecule is Cc1cccc(N)n1.Cc1cccc(NC(c2cc(Cl)cc(Cl)c2Cl)c2ccc3cccnc3c2O)n1.O=Cc1cc(Cl)cc(Cl)c1Cl.Oc1cccc2cccnc12. The van der Waals surface area contributed by atoms with Gasteiger partial charge in [0.1, 0.15) is 34.2 Å². The van der Waals surface area contributed by atoms with E-state index in [9.17, 15) is 15.0 Å². The summed E-state index contributed by atoms with van der Waals surface area (Å²) in [7, 11) is 0. The molecule has 59 heavy (non-hydrogen) atoms. The minimum absolute atomic E-state index is 0.0559. The van der Waals surface area contributed by atoms with Crippen molar-refractivity contribution in [3.05, 3.63) is 186 Å². The first kappa shape index (κ1) is 44.7. The van der Waals surface area contributed by atoms with Gasteiger partial charge >= 0.3 is 0 Å². The molecule has 0 saturated heterocycles. The molecule has 9 nitrogen and oxygen atoms in total. The number of pyridine rings is 4. The second-order valence-corrected chi connectivity index (χ2v) is 15.0. The number of nitrogens with zero attached hydrogens (tertiary/aromatic N) is 4. The highest BCUT2D eigenvalue weighted by molar-refractivity contribution is 6.45. The lowest BCUT2D eigenvalue weighted by atomic mass is 9.96. The molecule has 15 heteroatoms. The van der Waals surface area contributed by atoms with Crippen LogP contribution in [0.1, 0.15) is 38.9 Å². The van der Waals surface area contributed by atoms with Gasteiger partial charge in [0.05, 0.1) is 26.1 Å². The molecule has 4 aromatic heterocycles. The fourth-order valence-electron chi connectivity index (χ4n) is 5.57. The lowest BCUT2D eigenvalue weighted by molar-refractivity contribution is 0.112. The number of fused-ring (bicyclic) bond motifs is 2. The van der Waals surface area contributed by atoms with Crippen LogP contribution < -0.4 is 11.1 Å². The van der Waals surface area contributed by atoms with E-state index in [1.54, 1.807) is 42.7 Å². The lowest BCUT2D eigenvalue weighted by Gasteiger charge is -2.23. The number of phenolic OH excluding ortho intramolecular Hbond substituents is 2. The summed E-state index contributed by atoms with van der Waals surface area (Å²) in [6, 6.07) is 33.5.